The molecule has 1 aromatic heterocycles. The number of nitro benzene ring substituents is 1. The molecule has 1 N–H and O–H groups in total. The molecule has 3 rings (SSSR count). The van der Waals surface area contributed by atoms with Crippen molar-refractivity contribution in [1.29, 1.82) is 0 Å². The van der Waals surface area contributed by atoms with Crippen LogP contribution in [0.4, 0.5) is 14.5 Å². The van der Waals surface area contributed by atoms with Crippen molar-refractivity contribution in [2.24, 2.45) is 0 Å². The van der Waals surface area contributed by atoms with Crippen molar-refractivity contribution in [3.63, 3.8) is 0 Å². The number of carboxylic acids is 1. The summed E-state index contributed by atoms with van der Waals surface area (Å²) in [6, 6.07) is 8.50. The van der Waals surface area contributed by atoms with Crippen molar-refractivity contribution in [3.8, 4) is 0 Å². The van der Waals surface area contributed by atoms with E-state index in [0.717, 1.165) is 18.2 Å². The fourth-order valence-electron chi connectivity index (χ4n) is 3.06. The van der Waals surface area contributed by atoms with Crippen LogP contribution < -0.4 is 5.43 Å². The minimum Gasteiger partial charge on any atom is -0.480 e. The van der Waals surface area contributed by atoms with E-state index in [-0.39, 0.29) is 40.7 Å². The molecule has 0 bridgehead atoms. The van der Waals surface area contributed by atoms with Crippen molar-refractivity contribution in [3.05, 3.63) is 85.7 Å². The Morgan fingerprint density at radius 3 is 2.57 bits per heavy atom. The first-order valence-corrected chi connectivity index (χ1v) is 8.23. The number of non-ortho nitro benzene ring substituents is 1. The Labute approximate surface area is 156 Å². The average Bonchev–Trinajstić information content (AvgIpc) is 2.65. The summed E-state index contributed by atoms with van der Waals surface area (Å²) < 4.78 is 28.5. The largest absolute Gasteiger partial charge is 0.480 e. The summed E-state index contributed by atoms with van der Waals surface area (Å²) in [7, 11) is 0. The van der Waals surface area contributed by atoms with Gasteiger partial charge in [-0.15, -0.1) is 0 Å². The summed E-state index contributed by atoms with van der Waals surface area (Å²) in [5.41, 5.74) is -0.308. The second kappa shape index (κ2) is 7.55. The highest BCUT2D eigenvalue weighted by Gasteiger charge is 2.16. The lowest BCUT2D eigenvalue weighted by atomic mass is 10.0. The van der Waals surface area contributed by atoms with Crippen LogP contribution >= 0.6 is 0 Å². The molecule has 0 saturated carbocycles. The van der Waals surface area contributed by atoms with Gasteiger partial charge in [0.05, 0.1) is 10.4 Å². The van der Waals surface area contributed by atoms with Crippen LogP contribution in [0.1, 0.15) is 11.3 Å². The Morgan fingerprint density at radius 1 is 1.14 bits per heavy atom. The summed E-state index contributed by atoms with van der Waals surface area (Å²) in [6.07, 6.45) is 0.0601. The van der Waals surface area contributed by atoms with Gasteiger partial charge in [-0.1, -0.05) is 12.1 Å². The maximum atomic E-state index is 13.9. The third-order valence-corrected chi connectivity index (χ3v) is 4.37. The van der Waals surface area contributed by atoms with Gasteiger partial charge < -0.3 is 9.67 Å². The number of hydrogen-bond donors (Lipinski definition) is 1. The maximum Gasteiger partial charge on any atom is 0.323 e. The molecule has 1 heterocycles. The van der Waals surface area contributed by atoms with Crippen LogP contribution in [-0.2, 0) is 24.2 Å². The van der Waals surface area contributed by atoms with Crippen LogP contribution in [0.15, 0.2) is 47.3 Å². The third kappa shape index (κ3) is 3.73. The number of fused-ring (bicyclic) bond motifs is 1. The van der Waals surface area contributed by atoms with E-state index in [9.17, 15) is 33.6 Å². The zero-order chi connectivity index (χ0) is 20.4. The molecule has 0 unspecified atom stereocenters. The molecule has 0 saturated heterocycles. The van der Waals surface area contributed by atoms with Gasteiger partial charge >= 0.3 is 5.97 Å². The number of carbonyl (C=O) groups is 1. The van der Waals surface area contributed by atoms with Crippen LogP contribution in [0.3, 0.4) is 0 Å². The molecule has 0 aliphatic heterocycles. The predicted octanol–water partition coefficient (Wildman–Crippen LogP) is 3.06. The van der Waals surface area contributed by atoms with E-state index in [4.69, 9.17) is 0 Å². The molecule has 0 aliphatic carbocycles. The third-order valence-electron chi connectivity index (χ3n) is 4.37. The number of rotatable bonds is 6. The molecular weight excluding hydrogens is 374 g/mol. The number of carboxylic acid groups (broad SMARTS) is 1. The number of aromatic nitrogens is 1. The molecule has 9 heteroatoms. The molecule has 7 nitrogen and oxygen atoms in total. The van der Waals surface area contributed by atoms with Gasteiger partial charge in [-0.3, -0.25) is 19.7 Å². The van der Waals surface area contributed by atoms with E-state index in [1.807, 2.05) is 0 Å². The number of aliphatic carboxylic acids is 1. The number of benzene rings is 2. The lowest BCUT2D eigenvalue weighted by Crippen LogP contribution is -2.19. The molecule has 0 atom stereocenters. The fourth-order valence-corrected chi connectivity index (χ4v) is 3.06. The van der Waals surface area contributed by atoms with Gasteiger partial charge in [0.25, 0.3) is 5.69 Å². The number of nitro groups is 1. The highest BCUT2D eigenvalue weighted by Crippen LogP contribution is 2.21. The zero-order valence-corrected chi connectivity index (χ0v) is 14.4. The standard InChI is InChI=1S/C19H14F2N2O5/c20-15-3-1-2-11(19(15)21)4-5-12-9-17(24)14-7-6-13(23(27)28)8-16(14)22(12)10-18(25)26/h1-3,6-9H,4-5,10H2,(H,25,26). The molecular formula is C19H14F2N2O5. The number of halogens is 2. The van der Waals surface area contributed by atoms with Crippen molar-refractivity contribution in [2.75, 3.05) is 0 Å². The van der Waals surface area contributed by atoms with Crippen LogP contribution in [0.25, 0.3) is 10.9 Å². The summed E-state index contributed by atoms with van der Waals surface area (Å²) in [5.74, 6) is -3.23. The topological polar surface area (TPSA) is 102 Å². The van der Waals surface area contributed by atoms with Gasteiger partial charge in [0.2, 0.25) is 0 Å². The van der Waals surface area contributed by atoms with E-state index in [2.05, 4.69) is 0 Å². The first-order valence-electron chi connectivity index (χ1n) is 8.23. The summed E-state index contributed by atoms with van der Waals surface area (Å²) in [6.45, 7) is -0.543. The number of pyridine rings is 1. The van der Waals surface area contributed by atoms with E-state index in [0.29, 0.717) is 0 Å². The minimum atomic E-state index is -1.21. The fraction of sp³-hybridized carbons (Fsp3) is 0.158. The van der Waals surface area contributed by atoms with Crippen molar-refractivity contribution < 1.29 is 23.6 Å². The highest BCUT2D eigenvalue weighted by atomic mass is 19.2. The minimum absolute atomic E-state index is 0.0170. The Kier molecular flexibility index (Phi) is 5.16. The van der Waals surface area contributed by atoms with Gasteiger partial charge in [-0.05, 0) is 30.5 Å². The van der Waals surface area contributed by atoms with Crippen LogP contribution in [0, 0.1) is 21.7 Å². The lowest BCUT2D eigenvalue weighted by Gasteiger charge is -2.15. The Hall–Kier alpha value is -3.62. The van der Waals surface area contributed by atoms with E-state index in [1.165, 1.54) is 28.8 Å². The summed E-state index contributed by atoms with van der Waals surface area (Å²) in [5, 5.41) is 20.4. The molecule has 0 radical (unpaired) electrons. The zero-order valence-electron chi connectivity index (χ0n) is 14.4. The van der Waals surface area contributed by atoms with E-state index >= 15 is 0 Å². The molecule has 0 amide bonds. The van der Waals surface area contributed by atoms with Crippen molar-refractivity contribution in [2.45, 2.75) is 19.4 Å². The molecule has 0 fully saturated rings. The highest BCUT2D eigenvalue weighted by molar-refractivity contribution is 5.83. The SMILES string of the molecule is O=C(O)Cn1c(CCc2cccc(F)c2F)cc(=O)c2ccc([N+](=O)[O-])cc21. The number of hydrogen-bond acceptors (Lipinski definition) is 4. The number of aryl methyl sites for hydroxylation is 2. The van der Waals surface area contributed by atoms with E-state index < -0.39 is 34.5 Å². The van der Waals surface area contributed by atoms with Crippen molar-refractivity contribution in [1.82, 2.24) is 4.57 Å². The monoisotopic (exact) mass is 388 g/mol. The number of nitrogens with zero attached hydrogens (tertiary/aromatic N) is 2. The van der Waals surface area contributed by atoms with Crippen LogP contribution in [0.5, 0.6) is 0 Å². The van der Waals surface area contributed by atoms with Crippen LogP contribution in [0.2, 0.25) is 0 Å². The first kappa shape index (κ1) is 19.2. The van der Waals surface area contributed by atoms with Gasteiger partial charge in [0.1, 0.15) is 6.54 Å². The smallest absolute Gasteiger partial charge is 0.323 e. The summed E-state index contributed by atoms with van der Waals surface area (Å²) in [4.78, 5) is 34.1. The van der Waals surface area contributed by atoms with Gasteiger partial charge in [-0.25, -0.2) is 8.78 Å². The van der Waals surface area contributed by atoms with Gasteiger partial charge in [-0.2, -0.15) is 0 Å². The molecule has 28 heavy (non-hydrogen) atoms. The first-order chi connectivity index (χ1) is 13.3. The molecule has 0 aliphatic rings. The van der Waals surface area contributed by atoms with Gasteiger partial charge in [0.15, 0.2) is 17.1 Å². The molecule has 3 aromatic rings. The Balaban J connectivity index is 2.12. The molecule has 144 valence electrons. The lowest BCUT2D eigenvalue weighted by molar-refractivity contribution is -0.384. The Morgan fingerprint density at radius 2 is 1.89 bits per heavy atom. The second-order valence-electron chi connectivity index (χ2n) is 6.15. The molecule has 0 spiro atoms. The Bertz CT molecular complexity index is 1160. The maximum absolute atomic E-state index is 13.9. The second-order valence-corrected chi connectivity index (χ2v) is 6.15. The van der Waals surface area contributed by atoms with Gasteiger partial charge in [0, 0.05) is 29.3 Å². The van der Waals surface area contributed by atoms with E-state index in [1.54, 1.807) is 0 Å². The average molecular weight is 388 g/mol. The van der Waals surface area contributed by atoms with Crippen molar-refractivity contribution >= 4 is 22.6 Å². The summed E-state index contributed by atoms with van der Waals surface area (Å²) >= 11 is 0. The molecule has 2 aromatic carbocycles. The normalized spacial score (nSPS) is 10.9. The quantitative estimate of drug-likeness (QED) is 0.516. The van der Waals surface area contributed by atoms with Crippen LogP contribution in [-0.4, -0.2) is 20.6 Å². The predicted molar refractivity (Wildman–Crippen MR) is 96.3 cm³/mol.